The lowest BCUT2D eigenvalue weighted by molar-refractivity contribution is -0.118. The lowest BCUT2D eigenvalue weighted by Gasteiger charge is -2.21. The van der Waals surface area contributed by atoms with Crippen LogP contribution in [-0.2, 0) is 19.4 Å². The molecule has 0 spiro atoms. The van der Waals surface area contributed by atoms with Crippen molar-refractivity contribution in [3.8, 4) is 5.75 Å². The number of hydrogen-bond acceptors (Lipinski definition) is 5. The Morgan fingerprint density at radius 2 is 2.07 bits per heavy atom. The Bertz CT molecular complexity index is 1100. The maximum Gasteiger partial charge on any atom is 0.262 e. The summed E-state index contributed by atoms with van der Waals surface area (Å²) >= 11 is 5.67. The van der Waals surface area contributed by atoms with Crippen LogP contribution < -0.4 is 15.4 Å². The molecule has 1 atom stereocenters. The van der Waals surface area contributed by atoms with Crippen molar-refractivity contribution in [3.05, 3.63) is 46.7 Å². The van der Waals surface area contributed by atoms with Crippen LogP contribution >= 0.6 is 11.6 Å². The number of benzene rings is 2. The highest BCUT2D eigenvalue weighted by molar-refractivity contribution is 7.92. The van der Waals surface area contributed by atoms with E-state index < -0.39 is 26.8 Å². The first-order chi connectivity index (χ1) is 13.6. The van der Waals surface area contributed by atoms with Crippen LogP contribution in [0.15, 0.2) is 35.2 Å². The Kier molecular flexibility index (Phi) is 5.81. The fourth-order valence-electron chi connectivity index (χ4n) is 2.90. The Labute approximate surface area is 172 Å². The van der Waals surface area contributed by atoms with Gasteiger partial charge in [-0.2, -0.15) is 0 Å². The highest BCUT2D eigenvalue weighted by atomic mass is 35.5. The lowest BCUT2D eigenvalue weighted by Crippen LogP contribution is -2.27. The zero-order valence-corrected chi connectivity index (χ0v) is 17.2. The van der Waals surface area contributed by atoms with Gasteiger partial charge < -0.3 is 15.4 Å². The van der Waals surface area contributed by atoms with E-state index in [2.05, 4.69) is 10.6 Å². The van der Waals surface area contributed by atoms with Crippen LogP contribution in [0.1, 0.15) is 18.9 Å². The molecule has 0 fully saturated rings. The fraction of sp³-hybridized carbons (Fsp3) is 0.263. The van der Waals surface area contributed by atoms with Crippen LogP contribution in [0.3, 0.4) is 0 Å². The van der Waals surface area contributed by atoms with Gasteiger partial charge in [-0.25, -0.2) is 12.8 Å². The van der Waals surface area contributed by atoms with Crippen LogP contribution in [0.4, 0.5) is 15.8 Å². The topological polar surface area (TPSA) is 102 Å². The quantitative estimate of drug-likeness (QED) is 0.742. The van der Waals surface area contributed by atoms with Gasteiger partial charge in [-0.3, -0.25) is 9.59 Å². The summed E-state index contributed by atoms with van der Waals surface area (Å²) in [5.74, 6) is -1.45. The van der Waals surface area contributed by atoms with E-state index in [1.807, 2.05) is 0 Å². The predicted molar refractivity (Wildman–Crippen MR) is 107 cm³/mol. The minimum absolute atomic E-state index is 0.00497. The number of aryl methyl sites for hydroxylation is 1. The van der Waals surface area contributed by atoms with Crippen molar-refractivity contribution >= 4 is 44.6 Å². The number of carbonyl (C=O) groups is 2. The SMILES string of the molecule is Cc1cc2c(cc1S(=O)(=O)[C@H](C)CC(=O)Nc1ccc(Cl)cc1F)OCC(=O)N2. The molecule has 1 heterocycles. The third-order valence-corrected chi connectivity index (χ3v) is 6.94. The number of rotatable bonds is 5. The number of amides is 2. The summed E-state index contributed by atoms with van der Waals surface area (Å²) in [4.78, 5) is 23.7. The molecule has 0 aromatic heterocycles. The molecule has 2 aromatic rings. The van der Waals surface area contributed by atoms with Crippen molar-refractivity contribution in [2.24, 2.45) is 0 Å². The van der Waals surface area contributed by atoms with Crippen LogP contribution in [0.5, 0.6) is 5.75 Å². The van der Waals surface area contributed by atoms with E-state index >= 15 is 0 Å². The average molecular weight is 441 g/mol. The normalized spacial score (nSPS) is 14.4. The second-order valence-corrected chi connectivity index (χ2v) is 9.45. The molecule has 3 rings (SSSR count). The van der Waals surface area contributed by atoms with E-state index in [9.17, 15) is 22.4 Å². The molecule has 0 radical (unpaired) electrons. The van der Waals surface area contributed by atoms with E-state index in [4.69, 9.17) is 16.3 Å². The van der Waals surface area contributed by atoms with E-state index in [0.717, 1.165) is 6.07 Å². The van der Waals surface area contributed by atoms with Gasteiger partial charge in [-0.05, 0) is 43.7 Å². The zero-order valence-electron chi connectivity index (χ0n) is 15.6. The van der Waals surface area contributed by atoms with Gasteiger partial charge in [0.1, 0.15) is 11.6 Å². The Hall–Kier alpha value is -2.65. The van der Waals surface area contributed by atoms with Crippen LogP contribution in [0, 0.1) is 12.7 Å². The molecule has 0 aliphatic carbocycles. The number of ether oxygens (including phenoxy) is 1. The van der Waals surface area contributed by atoms with E-state index in [1.165, 1.54) is 31.2 Å². The highest BCUT2D eigenvalue weighted by Gasteiger charge is 2.30. The van der Waals surface area contributed by atoms with Gasteiger partial charge in [0.25, 0.3) is 5.91 Å². The van der Waals surface area contributed by atoms with Gasteiger partial charge in [0.05, 0.1) is 21.5 Å². The second-order valence-electron chi connectivity index (χ2n) is 6.68. The summed E-state index contributed by atoms with van der Waals surface area (Å²) in [7, 11) is -3.89. The van der Waals surface area contributed by atoms with Crippen molar-refractivity contribution in [1.29, 1.82) is 0 Å². The van der Waals surface area contributed by atoms with Crippen molar-refractivity contribution in [2.75, 3.05) is 17.2 Å². The molecular formula is C19H18ClFN2O5S. The molecule has 0 saturated heterocycles. The molecule has 1 aliphatic heterocycles. The first-order valence-electron chi connectivity index (χ1n) is 8.64. The van der Waals surface area contributed by atoms with Gasteiger partial charge in [-0.1, -0.05) is 11.6 Å². The largest absolute Gasteiger partial charge is 0.482 e. The molecule has 2 aromatic carbocycles. The number of carbonyl (C=O) groups excluding carboxylic acids is 2. The number of fused-ring (bicyclic) bond motifs is 1. The van der Waals surface area contributed by atoms with Gasteiger partial charge in [0.2, 0.25) is 5.91 Å². The summed E-state index contributed by atoms with van der Waals surface area (Å²) in [6, 6.07) is 6.61. The molecule has 0 unspecified atom stereocenters. The Morgan fingerprint density at radius 1 is 1.34 bits per heavy atom. The molecule has 154 valence electrons. The summed E-state index contributed by atoms with van der Waals surface area (Å²) < 4.78 is 45.1. The Balaban J connectivity index is 1.78. The maximum atomic E-state index is 13.8. The lowest BCUT2D eigenvalue weighted by atomic mass is 10.2. The first kappa shape index (κ1) is 21.1. The average Bonchev–Trinajstić information content (AvgIpc) is 2.63. The summed E-state index contributed by atoms with van der Waals surface area (Å²) in [5, 5.41) is 4.06. The predicted octanol–water partition coefficient (Wildman–Crippen LogP) is 3.31. The van der Waals surface area contributed by atoms with Gasteiger partial charge in [-0.15, -0.1) is 0 Å². The standard InChI is InChI=1S/C19H18ClFN2O5S/c1-10-5-15-16(28-9-19(25)23-15)8-17(10)29(26,27)11(2)6-18(24)22-14-4-3-12(20)7-13(14)21/h3-5,7-8,11H,6,9H2,1-2H3,(H,22,24)(H,23,25)/t11-/m1/s1. The van der Waals surface area contributed by atoms with Gasteiger partial charge in [0, 0.05) is 17.5 Å². The van der Waals surface area contributed by atoms with Crippen LogP contribution in [0.2, 0.25) is 5.02 Å². The third kappa shape index (κ3) is 4.51. The molecule has 0 saturated carbocycles. The molecule has 2 N–H and O–H groups in total. The molecule has 7 nitrogen and oxygen atoms in total. The van der Waals surface area contributed by atoms with E-state index in [0.29, 0.717) is 11.3 Å². The first-order valence-corrected chi connectivity index (χ1v) is 10.6. The van der Waals surface area contributed by atoms with Crippen molar-refractivity contribution in [3.63, 3.8) is 0 Å². The Morgan fingerprint density at radius 3 is 2.76 bits per heavy atom. The molecule has 1 aliphatic rings. The van der Waals surface area contributed by atoms with Gasteiger partial charge in [0.15, 0.2) is 16.4 Å². The number of hydrogen-bond donors (Lipinski definition) is 2. The van der Waals surface area contributed by atoms with Crippen LogP contribution in [-0.4, -0.2) is 32.1 Å². The van der Waals surface area contributed by atoms with Crippen molar-refractivity contribution < 1.29 is 27.1 Å². The maximum absolute atomic E-state index is 13.8. The molecule has 10 heteroatoms. The monoisotopic (exact) mass is 440 g/mol. The van der Waals surface area contributed by atoms with E-state index in [-0.39, 0.29) is 40.3 Å². The second kappa shape index (κ2) is 8.00. The molecule has 2 amide bonds. The van der Waals surface area contributed by atoms with Crippen molar-refractivity contribution in [2.45, 2.75) is 30.4 Å². The molecule has 29 heavy (non-hydrogen) atoms. The molecular weight excluding hydrogens is 423 g/mol. The zero-order chi connectivity index (χ0) is 21.3. The number of sulfone groups is 1. The summed E-state index contributed by atoms with van der Waals surface area (Å²) in [5.41, 5.74) is 0.713. The summed E-state index contributed by atoms with van der Waals surface area (Å²) in [6.07, 6.45) is -0.376. The van der Waals surface area contributed by atoms with E-state index in [1.54, 1.807) is 6.92 Å². The third-order valence-electron chi connectivity index (χ3n) is 4.42. The smallest absolute Gasteiger partial charge is 0.262 e. The van der Waals surface area contributed by atoms with Crippen molar-refractivity contribution in [1.82, 2.24) is 0 Å². The number of halogens is 2. The summed E-state index contributed by atoms with van der Waals surface area (Å²) in [6.45, 7) is 2.78. The van der Waals surface area contributed by atoms with Gasteiger partial charge >= 0.3 is 0 Å². The number of nitrogens with one attached hydrogen (secondary N) is 2. The number of anilines is 2. The molecule has 0 bridgehead atoms. The fourth-order valence-corrected chi connectivity index (χ4v) is 4.64. The highest BCUT2D eigenvalue weighted by Crippen LogP contribution is 2.34. The minimum atomic E-state index is -3.89. The minimum Gasteiger partial charge on any atom is -0.482 e. The van der Waals surface area contributed by atoms with Crippen LogP contribution in [0.25, 0.3) is 0 Å².